The van der Waals surface area contributed by atoms with Gasteiger partial charge in [-0.2, -0.15) is 13.2 Å². The number of ether oxygens (including phenoxy) is 2. The lowest BCUT2D eigenvalue weighted by atomic mass is 10.1. The minimum atomic E-state index is -4.52. The van der Waals surface area contributed by atoms with Gasteiger partial charge in [-0.1, -0.05) is 25.1 Å². The molecule has 0 aliphatic carbocycles. The van der Waals surface area contributed by atoms with Gasteiger partial charge in [0, 0.05) is 0 Å². The molecule has 0 saturated carbocycles. The number of anilines is 1. The Labute approximate surface area is 149 Å². The van der Waals surface area contributed by atoms with Gasteiger partial charge in [-0.05, 0) is 43.7 Å². The van der Waals surface area contributed by atoms with Gasteiger partial charge in [-0.25, -0.2) is 0 Å². The van der Waals surface area contributed by atoms with Crippen LogP contribution in [0.1, 0.15) is 25.8 Å². The lowest BCUT2D eigenvalue weighted by Gasteiger charge is -2.18. The number of hydrogen-bond acceptors (Lipinski definition) is 3. The zero-order chi connectivity index (χ0) is 19.2. The maximum absolute atomic E-state index is 13.0. The molecule has 0 bridgehead atoms. The van der Waals surface area contributed by atoms with Gasteiger partial charge in [-0.3, -0.25) is 4.79 Å². The number of halogens is 3. The molecule has 1 atom stereocenters. The molecular formula is C19H20F3NO3. The van der Waals surface area contributed by atoms with E-state index in [1.54, 1.807) is 30.3 Å². The first-order chi connectivity index (χ1) is 12.3. The molecule has 0 saturated heterocycles. The van der Waals surface area contributed by atoms with Crippen molar-refractivity contribution >= 4 is 11.6 Å². The first-order valence-electron chi connectivity index (χ1n) is 8.18. The topological polar surface area (TPSA) is 47.6 Å². The third kappa shape index (κ3) is 5.40. The summed E-state index contributed by atoms with van der Waals surface area (Å²) in [4.78, 5) is 12.3. The van der Waals surface area contributed by atoms with Crippen molar-refractivity contribution in [2.75, 3.05) is 11.9 Å². The van der Waals surface area contributed by atoms with Gasteiger partial charge in [0.2, 0.25) is 0 Å². The number of benzene rings is 2. The molecule has 0 aliphatic rings. The van der Waals surface area contributed by atoms with Crippen LogP contribution in [0.15, 0.2) is 48.5 Å². The van der Waals surface area contributed by atoms with Crippen molar-refractivity contribution < 1.29 is 27.4 Å². The van der Waals surface area contributed by atoms with E-state index < -0.39 is 23.8 Å². The zero-order valence-electron chi connectivity index (χ0n) is 14.5. The summed E-state index contributed by atoms with van der Waals surface area (Å²) in [5.74, 6) is 0.0938. The average Bonchev–Trinajstić information content (AvgIpc) is 2.60. The van der Waals surface area contributed by atoms with Crippen LogP contribution in [0, 0.1) is 0 Å². The number of amides is 1. The molecule has 7 heteroatoms. The van der Waals surface area contributed by atoms with Gasteiger partial charge >= 0.3 is 6.18 Å². The summed E-state index contributed by atoms with van der Waals surface area (Å²) in [7, 11) is 0. The van der Waals surface area contributed by atoms with Crippen molar-refractivity contribution in [1.82, 2.24) is 0 Å². The van der Waals surface area contributed by atoms with Crippen LogP contribution in [0.4, 0.5) is 18.9 Å². The second-order valence-corrected chi connectivity index (χ2v) is 5.62. The molecule has 0 aliphatic heterocycles. The fourth-order valence-corrected chi connectivity index (χ4v) is 2.13. The fraction of sp³-hybridized carbons (Fsp3) is 0.316. The second kappa shape index (κ2) is 8.60. The van der Waals surface area contributed by atoms with Crippen LogP contribution in [0.5, 0.6) is 11.5 Å². The van der Waals surface area contributed by atoms with E-state index in [1.807, 2.05) is 6.92 Å². The Kier molecular flexibility index (Phi) is 6.49. The van der Waals surface area contributed by atoms with Crippen molar-refractivity contribution in [3.8, 4) is 11.5 Å². The lowest BCUT2D eigenvalue weighted by Crippen LogP contribution is -2.30. The number of para-hydroxylation sites is 1. The van der Waals surface area contributed by atoms with E-state index in [-0.39, 0.29) is 11.4 Å². The van der Waals surface area contributed by atoms with E-state index in [9.17, 15) is 18.0 Å². The van der Waals surface area contributed by atoms with Crippen LogP contribution in [-0.2, 0) is 11.0 Å². The quantitative estimate of drug-likeness (QED) is 0.757. The van der Waals surface area contributed by atoms with Crippen molar-refractivity contribution in [3.05, 3.63) is 54.1 Å². The standard InChI is InChI=1S/C19H20F3NO3/c1-3-11-25-17-10-9-14(19(20,21)22)12-16(17)23-18(24)13(2)26-15-7-5-4-6-8-15/h4-10,12-13H,3,11H2,1-2H3,(H,23,24). The highest BCUT2D eigenvalue weighted by Crippen LogP contribution is 2.35. The molecule has 4 nitrogen and oxygen atoms in total. The van der Waals surface area contributed by atoms with Crippen molar-refractivity contribution in [2.24, 2.45) is 0 Å². The number of alkyl halides is 3. The maximum Gasteiger partial charge on any atom is 0.416 e. The second-order valence-electron chi connectivity index (χ2n) is 5.62. The molecule has 1 unspecified atom stereocenters. The molecule has 2 rings (SSSR count). The number of rotatable bonds is 7. The largest absolute Gasteiger partial charge is 0.491 e. The van der Waals surface area contributed by atoms with Gasteiger partial charge in [0.1, 0.15) is 11.5 Å². The van der Waals surface area contributed by atoms with Crippen LogP contribution < -0.4 is 14.8 Å². The minimum absolute atomic E-state index is 0.0400. The average molecular weight is 367 g/mol. The monoisotopic (exact) mass is 367 g/mol. The Morgan fingerprint density at radius 3 is 2.46 bits per heavy atom. The molecule has 0 radical (unpaired) electrons. The highest BCUT2D eigenvalue weighted by Gasteiger charge is 2.31. The first-order valence-corrected chi connectivity index (χ1v) is 8.18. The highest BCUT2D eigenvalue weighted by atomic mass is 19.4. The van der Waals surface area contributed by atoms with Gasteiger partial charge in [-0.15, -0.1) is 0 Å². The van der Waals surface area contributed by atoms with Crippen molar-refractivity contribution in [2.45, 2.75) is 32.5 Å². The van der Waals surface area contributed by atoms with Gasteiger partial charge in [0.25, 0.3) is 5.91 Å². The van der Waals surface area contributed by atoms with Gasteiger partial charge in [0.05, 0.1) is 17.9 Å². The maximum atomic E-state index is 13.0. The lowest BCUT2D eigenvalue weighted by molar-refractivity contribution is -0.137. The molecule has 26 heavy (non-hydrogen) atoms. The summed E-state index contributed by atoms with van der Waals surface area (Å²) in [5.41, 5.74) is -0.907. The van der Waals surface area contributed by atoms with E-state index in [4.69, 9.17) is 9.47 Å². The predicted molar refractivity (Wildman–Crippen MR) is 92.4 cm³/mol. The van der Waals surface area contributed by atoms with Crippen molar-refractivity contribution in [1.29, 1.82) is 0 Å². The summed E-state index contributed by atoms with van der Waals surface area (Å²) in [6, 6.07) is 11.7. The summed E-state index contributed by atoms with van der Waals surface area (Å²) in [5, 5.41) is 2.46. The van der Waals surface area contributed by atoms with Crippen LogP contribution in [-0.4, -0.2) is 18.6 Å². The van der Waals surface area contributed by atoms with Gasteiger partial charge in [0.15, 0.2) is 6.10 Å². The fourth-order valence-electron chi connectivity index (χ4n) is 2.13. The number of carbonyl (C=O) groups is 1. The molecule has 0 aromatic heterocycles. The molecule has 0 fully saturated rings. The van der Waals surface area contributed by atoms with Crippen LogP contribution in [0.25, 0.3) is 0 Å². The van der Waals surface area contributed by atoms with E-state index in [2.05, 4.69) is 5.32 Å². The highest BCUT2D eigenvalue weighted by molar-refractivity contribution is 5.95. The van der Waals surface area contributed by atoms with Crippen LogP contribution >= 0.6 is 0 Å². The first kappa shape index (κ1) is 19.6. The smallest absolute Gasteiger partial charge is 0.416 e. The normalized spacial score (nSPS) is 12.3. The molecule has 0 spiro atoms. The molecule has 2 aromatic rings. The SMILES string of the molecule is CCCOc1ccc(C(F)(F)F)cc1NC(=O)C(C)Oc1ccccc1. The zero-order valence-corrected chi connectivity index (χ0v) is 14.5. The molecule has 0 heterocycles. The minimum Gasteiger partial charge on any atom is -0.491 e. The van der Waals surface area contributed by atoms with Gasteiger partial charge < -0.3 is 14.8 Å². The molecule has 2 aromatic carbocycles. The van der Waals surface area contributed by atoms with Crippen LogP contribution in [0.2, 0.25) is 0 Å². The summed E-state index contributed by atoms with van der Waals surface area (Å²) in [6.45, 7) is 3.71. The molecular weight excluding hydrogens is 347 g/mol. The summed E-state index contributed by atoms with van der Waals surface area (Å²) < 4.78 is 49.8. The van der Waals surface area contributed by atoms with E-state index >= 15 is 0 Å². The Balaban J connectivity index is 2.17. The van der Waals surface area contributed by atoms with E-state index in [1.165, 1.54) is 13.0 Å². The predicted octanol–water partition coefficient (Wildman–Crippen LogP) is 4.90. The Morgan fingerprint density at radius 1 is 1.15 bits per heavy atom. The number of nitrogens with one attached hydrogen (secondary N) is 1. The van der Waals surface area contributed by atoms with Crippen LogP contribution in [0.3, 0.4) is 0 Å². The molecule has 1 amide bonds. The summed E-state index contributed by atoms with van der Waals surface area (Å²) in [6.07, 6.45) is -4.73. The third-order valence-corrected chi connectivity index (χ3v) is 3.45. The number of carbonyl (C=O) groups excluding carboxylic acids is 1. The molecule has 140 valence electrons. The van der Waals surface area contributed by atoms with E-state index in [0.29, 0.717) is 18.8 Å². The Morgan fingerprint density at radius 2 is 1.85 bits per heavy atom. The Bertz CT molecular complexity index is 733. The van der Waals surface area contributed by atoms with Crippen molar-refractivity contribution in [3.63, 3.8) is 0 Å². The van der Waals surface area contributed by atoms with E-state index in [0.717, 1.165) is 12.1 Å². The third-order valence-electron chi connectivity index (χ3n) is 3.45. The molecule has 1 N–H and O–H groups in total. The Hall–Kier alpha value is -2.70. The summed E-state index contributed by atoms with van der Waals surface area (Å²) >= 11 is 0. The number of hydrogen-bond donors (Lipinski definition) is 1.